The van der Waals surface area contributed by atoms with Gasteiger partial charge in [-0.15, -0.1) is 11.3 Å². The number of rotatable bonds is 4. The Morgan fingerprint density at radius 1 is 1.65 bits per heavy atom. The van der Waals surface area contributed by atoms with Crippen LogP contribution in [-0.2, 0) is 6.54 Å². The molecule has 1 N–H and O–H groups in total. The number of likely N-dealkylation sites (tertiary alicyclic amines) is 1. The van der Waals surface area contributed by atoms with Crippen LogP contribution in [0.5, 0.6) is 0 Å². The summed E-state index contributed by atoms with van der Waals surface area (Å²) >= 11 is 1.70. The quantitative estimate of drug-likeness (QED) is 0.674. The Balaban J connectivity index is 1.81. The Bertz CT molecular complexity index is 456. The number of thiazole rings is 1. The first kappa shape index (κ1) is 15.3. The highest BCUT2D eigenvalue weighted by Gasteiger charge is 2.20. The van der Waals surface area contributed by atoms with Crippen LogP contribution in [-0.4, -0.2) is 61.5 Å². The molecule has 1 aromatic rings. The third kappa shape index (κ3) is 4.18. The van der Waals surface area contributed by atoms with E-state index in [-0.39, 0.29) is 0 Å². The number of hydrogen-bond acceptors (Lipinski definition) is 4. The molecule has 5 nitrogen and oxygen atoms in total. The number of guanidine groups is 1. The topological polar surface area (TPSA) is 43.8 Å². The van der Waals surface area contributed by atoms with E-state index in [2.05, 4.69) is 44.6 Å². The van der Waals surface area contributed by atoms with Gasteiger partial charge in [0, 0.05) is 32.6 Å². The van der Waals surface area contributed by atoms with Gasteiger partial charge in [0.1, 0.15) is 0 Å². The van der Waals surface area contributed by atoms with Crippen LogP contribution in [0.15, 0.2) is 10.4 Å². The summed E-state index contributed by atoms with van der Waals surface area (Å²) < 4.78 is 0. The van der Waals surface area contributed by atoms with Gasteiger partial charge in [-0.1, -0.05) is 0 Å². The first-order valence-corrected chi connectivity index (χ1v) is 7.97. The fourth-order valence-electron chi connectivity index (χ4n) is 2.61. The van der Waals surface area contributed by atoms with Gasteiger partial charge in [-0.05, 0) is 32.9 Å². The zero-order chi connectivity index (χ0) is 14.5. The molecule has 0 aliphatic carbocycles. The number of nitrogens with one attached hydrogen (secondary N) is 1. The van der Waals surface area contributed by atoms with Crippen LogP contribution in [0, 0.1) is 12.8 Å². The van der Waals surface area contributed by atoms with Gasteiger partial charge >= 0.3 is 0 Å². The normalized spacial score (nSPS) is 20.4. The Morgan fingerprint density at radius 2 is 2.45 bits per heavy atom. The summed E-state index contributed by atoms with van der Waals surface area (Å²) in [5.74, 6) is 1.68. The molecule has 0 radical (unpaired) electrons. The predicted octanol–water partition coefficient (Wildman–Crippen LogP) is 1.41. The van der Waals surface area contributed by atoms with Crippen LogP contribution in [0.25, 0.3) is 0 Å². The molecule has 1 aliphatic rings. The molecule has 0 amide bonds. The second-order valence-corrected chi connectivity index (χ2v) is 6.62. The van der Waals surface area contributed by atoms with Gasteiger partial charge in [-0.25, -0.2) is 4.98 Å². The first-order valence-electron chi connectivity index (χ1n) is 7.10. The number of aliphatic imine (C=N–C) groups is 1. The van der Waals surface area contributed by atoms with Crippen molar-refractivity contribution in [3.8, 4) is 0 Å². The molecule has 1 saturated heterocycles. The molecule has 1 aromatic heterocycles. The van der Waals surface area contributed by atoms with Gasteiger partial charge in [-0.3, -0.25) is 4.99 Å². The van der Waals surface area contributed by atoms with Gasteiger partial charge in [0.05, 0.1) is 17.2 Å². The zero-order valence-corrected chi connectivity index (χ0v) is 13.7. The number of nitrogens with zero attached hydrogens (tertiary/aromatic N) is 4. The summed E-state index contributed by atoms with van der Waals surface area (Å²) in [5, 5.41) is 6.72. The van der Waals surface area contributed by atoms with Gasteiger partial charge in [0.2, 0.25) is 0 Å². The Kier molecular flexibility index (Phi) is 5.37. The van der Waals surface area contributed by atoms with Gasteiger partial charge < -0.3 is 15.1 Å². The van der Waals surface area contributed by atoms with Crippen LogP contribution in [0.4, 0.5) is 0 Å². The average molecular weight is 295 g/mol. The summed E-state index contributed by atoms with van der Waals surface area (Å²) in [6.07, 6.45) is 1.27. The van der Waals surface area contributed by atoms with Crippen molar-refractivity contribution < 1.29 is 0 Å². The third-order valence-corrected chi connectivity index (χ3v) is 4.50. The van der Waals surface area contributed by atoms with Gasteiger partial charge in [-0.2, -0.15) is 0 Å². The highest BCUT2D eigenvalue weighted by molar-refractivity contribution is 7.09. The third-order valence-electron chi connectivity index (χ3n) is 3.68. The summed E-state index contributed by atoms with van der Waals surface area (Å²) in [7, 11) is 6.09. The van der Waals surface area contributed by atoms with Crippen molar-refractivity contribution in [3.05, 3.63) is 16.1 Å². The molecule has 1 aliphatic heterocycles. The zero-order valence-electron chi connectivity index (χ0n) is 12.9. The van der Waals surface area contributed by atoms with Crippen molar-refractivity contribution in [1.29, 1.82) is 0 Å². The van der Waals surface area contributed by atoms with E-state index in [0.717, 1.165) is 35.7 Å². The number of aryl methyl sites for hydroxylation is 1. The van der Waals surface area contributed by atoms with Crippen molar-refractivity contribution >= 4 is 17.3 Å². The fraction of sp³-hybridized carbons (Fsp3) is 0.714. The van der Waals surface area contributed by atoms with E-state index in [0.29, 0.717) is 0 Å². The Morgan fingerprint density at radius 3 is 3.00 bits per heavy atom. The molecular formula is C14H25N5S. The summed E-state index contributed by atoms with van der Waals surface area (Å²) in [6, 6.07) is 0. The molecule has 0 bridgehead atoms. The van der Waals surface area contributed by atoms with E-state index in [1.807, 2.05) is 14.0 Å². The summed E-state index contributed by atoms with van der Waals surface area (Å²) in [6.45, 7) is 6.22. The molecule has 2 heterocycles. The van der Waals surface area contributed by atoms with Crippen LogP contribution < -0.4 is 5.32 Å². The molecule has 0 spiro atoms. The Hall–Kier alpha value is -1.14. The van der Waals surface area contributed by atoms with Crippen molar-refractivity contribution in [3.63, 3.8) is 0 Å². The monoisotopic (exact) mass is 295 g/mol. The lowest BCUT2D eigenvalue weighted by atomic mass is 10.1. The van der Waals surface area contributed by atoms with E-state index in [1.54, 1.807) is 11.3 Å². The largest absolute Gasteiger partial charge is 0.356 e. The van der Waals surface area contributed by atoms with Crippen molar-refractivity contribution in [2.75, 3.05) is 40.8 Å². The highest BCUT2D eigenvalue weighted by atomic mass is 32.1. The number of aromatic nitrogens is 1. The lowest BCUT2D eigenvalue weighted by Gasteiger charge is -2.22. The van der Waals surface area contributed by atoms with Crippen LogP contribution >= 0.6 is 11.3 Å². The van der Waals surface area contributed by atoms with E-state index in [9.17, 15) is 0 Å². The lowest BCUT2D eigenvalue weighted by Crippen LogP contribution is -2.41. The summed E-state index contributed by atoms with van der Waals surface area (Å²) in [5.41, 5.74) is 1.11. The molecule has 1 fully saturated rings. The first-order chi connectivity index (χ1) is 9.58. The minimum absolute atomic E-state index is 0.728. The van der Waals surface area contributed by atoms with E-state index >= 15 is 0 Å². The predicted molar refractivity (Wildman–Crippen MR) is 85.3 cm³/mol. The molecule has 0 aromatic carbocycles. The molecule has 1 atom stereocenters. The average Bonchev–Trinajstić information content (AvgIpc) is 2.99. The molecular weight excluding hydrogens is 270 g/mol. The van der Waals surface area contributed by atoms with Crippen molar-refractivity contribution in [2.24, 2.45) is 10.9 Å². The maximum Gasteiger partial charge on any atom is 0.193 e. The second-order valence-electron chi connectivity index (χ2n) is 5.56. The van der Waals surface area contributed by atoms with Gasteiger partial charge in [0.15, 0.2) is 5.96 Å². The van der Waals surface area contributed by atoms with Crippen LogP contribution in [0.1, 0.15) is 17.1 Å². The molecule has 6 heteroatoms. The van der Waals surface area contributed by atoms with E-state index < -0.39 is 0 Å². The van der Waals surface area contributed by atoms with Gasteiger partial charge in [0.25, 0.3) is 0 Å². The molecule has 2 rings (SSSR count). The fourth-order valence-corrected chi connectivity index (χ4v) is 3.22. The maximum atomic E-state index is 4.50. The molecule has 20 heavy (non-hydrogen) atoms. The van der Waals surface area contributed by atoms with Crippen molar-refractivity contribution in [2.45, 2.75) is 19.9 Å². The number of hydrogen-bond donors (Lipinski definition) is 1. The Labute approximate surface area is 125 Å². The maximum absolute atomic E-state index is 4.50. The SMILES string of the molecule is CN=C(NCC1CCN(C)C1)N(C)Cc1csc(C)n1. The lowest BCUT2D eigenvalue weighted by molar-refractivity contribution is 0.390. The second kappa shape index (κ2) is 7.04. The molecule has 112 valence electrons. The minimum Gasteiger partial charge on any atom is -0.356 e. The minimum atomic E-state index is 0.728. The molecule has 0 saturated carbocycles. The standard InChI is InChI=1S/C14H25N5S/c1-11-17-13(10-20-11)9-19(4)14(15-2)16-7-12-5-6-18(3)8-12/h10,12H,5-9H2,1-4H3,(H,15,16). The highest BCUT2D eigenvalue weighted by Crippen LogP contribution is 2.13. The van der Waals surface area contributed by atoms with E-state index in [4.69, 9.17) is 0 Å². The smallest absolute Gasteiger partial charge is 0.193 e. The molecule has 1 unspecified atom stereocenters. The van der Waals surface area contributed by atoms with E-state index in [1.165, 1.54) is 19.5 Å². The van der Waals surface area contributed by atoms with Crippen molar-refractivity contribution in [1.82, 2.24) is 20.1 Å². The van der Waals surface area contributed by atoms with Crippen LogP contribution in [0.2, 0.25) is 0 Å². The summed E-state index contributed by atoms with van der Waals surface area (Å²) in [4.78, 5) is 13.4. The van der Waals surface area contributed by atoms with Crippen LogP contribution in [0.3, 0.4) is 0 Å².